The minimum absolute atomic E-state index is 0. The van der Waals surface area contributed by atoms with Crippen molar-refractivity contribution in [1.82, 2.24) is 0 Å². The largest absolute Gasteiger partial charge is 1.00 e. The van der Waals surface area contributed by atoms with E-state index in [2.05, 4.69) is 0 Å². The van der Waals surface area contributed by atoms with Crippen molar-refractivity contribution in [3.8, 4) is 0 Å². The summed E-state index contributed by atoms with van der Waals surface area (Å²) in [5, 5.41) is 55.1. The molecule has 16 nitrogen and oxygen atoms in total. The van der Waals surface area contributed by atoms with E-state index in [1.807, 2.05) is 0 Å². The first-order valence-electron chi connectivity index (χ1n) is 3.95. The van der Waals surface area contributed by atoms with Crippen molar-refractivity contribution in [1.29, 1.82) is 0 Å². The maximum atomic E-state index is 8.36. The zero-order valence-corrected chi connectivity index (χ0v) is 218. The van der Waals surface area contributed by atoms with Gasteiger partial charge in [-0.2, -0.15) is 0 Å². The third kappa shape index (κ3) is 549. The molecule has 144 valence electrons. The van der Waals surface area contributed by atoms with E-state index < -0.39 is 0 Å². The minimum Gasteiger partial charge on any atom is -0.483 e. The van der Waals surface area contributed by atoms with Crippen LogP contribution in [0, 0.1) is 0 Å². The molecule has 0 spiro atoms. The summed E-state index contributed by atoms with van der Waals surface area (Å²) in [5.74, 6) is 0. The summed E-state index contributed by atoms with van der Waals surface area (Å²) in [5.41, 5.74) is 0. The van der Waals surface area contributed by atoms with Gasteiger partial charge >= 0.3 is 2570 Å². The molecule has 8 N–H and O–H groups in total. The second-order valence-corrected chi connectivity index (χ2v) is 0.843. The third-order valence-corrected chi connectivity index (χ3v) is 0. The predicted octanol–water partition coefficient (Wildman–Crippen LogP) is -152. The van der Waals surface area contributed by atoms with Crippen molar-refractivity contribution in [3.63, 3.8) is 0 Å². The summed E-state index contributed by atoms with van der Waals surface area (Å²) in [6.07, 6.45) is 0. The zero-order chi connectivity index (χ0) is 21.7. The molecule has 0 aromatic carbocycles. The second-order valence-electron chi connectivity index (χ2n) is 0.843. The Hall–Kier alpha value is 77.6. The van der Waals surface area contributed by atoms with Crippen molar-refractivity contribution in [2.45, 2.75) is 0 Å². The van der Waals surface area contributed by atoms with Crippen molar-refractivity contribution >= 4 is 51.8 Å². The Morgan fingerprint density at radius 2 is 0.0946 bits per heavy atom. The standard InChI is InChI=1S/8CH2O2.50K/c8*2-1-3;;;;;;;;;;;;;;;;;;;;;;;;;;;;;;;;;;;;;;;;;;;;;;;;;;/h8*1H,(H,2,3);;;;;;;;;;;;;;;;;;;;;;;;;;;;;;;;;;;;;;;;;;;;;;;;;;/q;;;;;;;;50*+1. The smallest absolute Gasteiger partial charge is 0.483 e. The Morgan fingerprint density at radius 3 is 0.0946 bits per heavy atom. The van der Waals surface area contributed by atoms with Crippen LogP contribution in [0.15, 0.2) is 0 Å². The second kappa shape index (κ2) is 460. The first-order valence-corrected chi connectivity index (χ1v) is 3.95. The van der Waals surface area contributed by atoms with Crippen molar-refractivity contribution in [2.75, 3.05) is 0 Å². The Morgan fingerprint density at radius 1 is 0.0946 bits per heavy atom. The molecular weight excluding hydrogens is 2310 g/mol. The van der Waals surface area contributed by atoms with Crippen LogP contribution in [0.5, 0.6) is 0 Å². The maximum absolute atomic E-state index is 8.36. The average Bonchev–Trinajstić information content (AvgIpc) is 2.45. The van der Waals surface area contributed by atoms with Crippen LogP contribution < -0.4 is 2570 Å². The van der Waals surface area contributed by atoms with E-state index in [0.29, 0.717) is 0 Å². The topological polar surface area (TPSA) is 298 Å². The zero-order valence-electron chi connectivity index (χ0n) is 61.5. The van der Waals surface area contributed by atoms with Gasteiger partial charge in [-0.1, -0.05) is 0 Å². The Bertz CT molecular complexity index is 221. The van der Waals surface area contributed by atoms with E-state index in [0.717, 1.165) is 0 Å². The van der Waals surface area contributed by atoms with Crippen LogP contribution in [0.3, 0.4) is 0 Å². The van der Waals surface area contributed by atoms with Crippen LogP contribution in [0.4, 0.5) is 0 Å². The molecule has 0 saturated carbocycles. The Balaban J connectivity index is -0.000000000644. The van der Waals surface area contributed by atoms with Gasteiger partial charge in [-0.05, 0) is 0 Å². The number of carboxylic acid groups (broad SMARTS) is 8. The van der Waals surface area contributed by atoms with Crippen LogP contribution in [0.1, 0.15) is 0 Å². The normalized spacial score (nSPS) is 1.30. The molecule has 0 aliphatic heterocycles. The minimum atomic E-state index is -0.250. The number of hydrogen-bond acceptors (Lipinski definition) is 8. The third-order valence-electron chi connectivity index (χ3n) is 0. The Labute approximate surface area is 2580 Å². The molecule has 0 aromatic rings. The van der Waals surface area contributed by atoms with Gasteiger partial charge < -0.3 is 40.9 Å². The fourth-order valence-electron chi connectivity index (χ4n) is 0. The molecule has 0 unspecified atom stereocenters. The summed E-state index contributed by atoms with van der Waals surface area (Å²) in [6, 6.07) is 0. The van der Waals surface area contributed by atoms with Crippen LogP contribution in [-0.2, 0) is 38.4 Å². The van der Waals surface area contributed by atoms with Crippen LogP contribution in [0.2, 0.25) is 0 Å². The molecule has 0 aliphatic carbocycles. The fourth-order valence-corrected chi connectivity index (χ4v) is 0. The van der Waals surface area contributed by atoms with Crippen molar-refractivity contribution in [2.24, 2.45) is 0 Å². The van der Waals surface area contributed by atoms with E-state index in [1.54, 1.807) is 0 Å². The van der Waals surface area contributed by atoms with Gasteiger partial charge in [0.2, 0.25) is 0 Å². The molecule has 0 radical (unpaired) electrons. The summed E-state index contributed by atoms with van der Waals surface area (Å²) in [4.78, 5) is 66.9. The molecule has 74 heavy (non-hydrogen) atoms. The summed E-state index contributed by atoms with van der Waals surface area (Å²) >= 11 is 0. The van der Waals surface area contributed by atoms with Gasteiger partial charge in [0.15, 0.2) is 0 Å². The fraction of sp³-hybridized carbons (Fsp3) is 0. The van der Waals surface area contributed by atoms with Crippen LogP contribution in [-0.4, -0.2) is 92.6 Å². The predicted molar refractivity (Wildman–Crippen MR) is 69.5 cm³/mol. The SMILES string of the molecule is O=CO.O=CO.O=CO.O=CO.O=CO.O=CO.O=CO.O=CO.[K+].[K+].[K+].[K+].[K+].[K+].[K+].[K+].[K+].[K+].[K+].[K+].[K+].[K+].[K+].[K+].[K+].[K+].[K+].[K+].[K+].[K+].[K+].[K+].[K+].[K+].[K+].[K+].[K+].[K+].[K+].[K+].[K+].[K+].[K+].[K+].[K+].[K+].[K+].[K+].[K+].[K+].[K+].[K+].[K+].[K+].[K+].[K+].[K+].[K+]. The number of rotatable bonds is 0. The molecule has 0 atom stereocenters. The molecule has 0 rings (SSSR count). The van der Waals surface area contributed by atoms with Gasteiger partial charge in [0.05, 0.1) is 0 Å². The molecule has 0 bridgehead atoms. The molecule has 0 aliphatic rings. The molecular formula is C8H16K50O16+50. The molecule has 0 amide bonds. The maximum Gasteiger partial charge on any atom is 1.00 e. The monoisotopic (exact) mass is 2320 g/mol. The van der Waals surface area contributed by atoms with Gasteiger partial charge in [-0.3, -0.25) is 38.4 Å². The van der Waals surface area contributed by atoms with Gasteiger partial charge in [0.25, 0.3) is 51.8 Å². The first kappa shape index (κ1) is 392. The van der Waals surface area contributed by atoms with E-state index >= 15 is 0 Å². The van der Waals surface area contributed by atoms with Crippen molar-refractivity contribution < 1.29 is 2650 Å². The van der Waals surface area contributed by atoms with E-state index in [4.69, 9.17) is 79.2 Å². The molecule has 0 fully saturated rings. The van der Waals surface area contributed by atoms with Gasteiger partial charge in [0.1, 0.15) is 0 Å². The molecule has 0 saturated heterocycles. The van der Waals surface area contributed by atoms with Gasteiger partial charge in [0, 0.05) is 0 Å². The number of hydrogen-bond donors (Lipinski definition) is 8. The molecule has 0 heterocycles. The summed E-state index contributed by atoms with van der Waals surface area (Å²) < 4.78 is 0. The van der Waals surface area contributed by atoms with E-state index in [1.165, 1.54) is 0 Å². The first-order chi connectivity index (χ1) is 11.3. The average molecular weight is 2320 g/mol. The van der Waals surface area contributed by atoms with Crippen LogP contribution in [0.25, 0.3) is 0 Å². The van der Waals surface area contributed by atoms with Crippen molar-refractivity contribution in [3.05, 3.63) is 0 Å². The number of carbonyl (C=O) groups is 8. The van der Waals surface area contributed by atoms with E-state index in [9.17, 15) is 0 Å². The van der Waals surface area contributed by atoms with Crippen LogP contribution >= 0.6 is 0 Å². The van der Waals surface area contributed by atoms with E-state index in [-0.39, 0.29) is 2620 Å². The summed E-state index contributed by atoms with van der Waals surface area (Å²) in [7, 11) is 0. The van der Waals surface area contributed by atoms with Gasteiger partial charge in [-0.15, -0.1) is 0 Å². The molecule has 66 heteroatoms. The van der Waals surface area contributed by atoms with Gasteiger partial charge in [-0.25, -0.2) is 0 Å². The summed E-state index contributed by atoms with van der Waals surface area (Å²) in [6.45, 7) is -2.00. The Kier molecular flexibility index (Phi) is 2440. The molecule has 0 aromatic heterocycles. The quantitative estimate of drug-likeness (QED) is 0.0826.